The topological polar surface area (TPSA) is 65.1 Å². The first-order chi connectivity index (χ1) is 11.0. The lowest BCUT2D eigenvalue weighted by atomic mass is 9.98. The highest BCUT2D eigenvalue weighted by molar-refractivity contribution is 5.74. The Labute approximate surface area is 138 Å². The summed E-state index contributed by atoms with van der Waals surface area (Å²) in [6, 6.07) is 7.88. The van der Waals surface area contributed by atoms with Gasteiger partial charge in [-0.15, -0.1) is 0 Å². The highest BCUT2D eigenvalue weighted by Gasteiger charge is 2.19. The summed E-state index contributed by atoms with van der Waals surface area (Å²) in [6.07, 6.45) is 5.68. The Morgan fingerprint density at radius 2 is 2.13 bits per heavy atom. The second-order valence-corrected chi connectivity index (χ2v) is 5.97. The number of nitrogens with two attached hydrogens (primary N) is 1. The maximum atomic E-state index is 9.16. The summed E-state index contributed by atoms with van der Waals surface area (Å²) >= 11 is 0. The quantitative estimate of drug-likeness (QED) is 0.813. The molecule has 0 aliphatic carbocycles. The van der Waals surface area contributed by atoms with Crippen molar-refractivity contribution in [1.29, 1.82) is 5.26 Å². The van der Waals surface area contributed by atoms with Gasteiger partial charge in [0.15, 0.2) is 0 Å². The maximum absolute atomic E-state index is 9.16. The summed E-state index contributed by atoms with van der Waals surface area (Å²) in [7, 11) is 0. The van der Waals surface area contributed by atoms with Crippen molar-refractivity contribution in [3.8, 4) is 6.07 Å². The van der Waals surface area contributed by atoms with E-state index in [9.17, 15) is 0 Å². The monoisotopic (exact) mass is 308 g/mol. The van der Waals surface area contributed by atoms with Crippen LogP contribution in [-0.2, 0) is 0 Å². The highest BCUT2D eigenvalue weighted by Crippen LogP contribution is 2.31. The minimum absolute atomic E-state index is 0.528. The largest absolute Gasteiger partial charge is 0.397 e. The fraction of sp³-hybridized carbons (Fsp3) is 0.316. The minimum Gasteiger partial charge on any atom is -0.397 e. The van der Waals surface area contributed by atoms with Crippen molar-refractivity contribution in [3.05, 3.63) is 60.5 Å². The minimum atomic E-state index is 0.528. The molecule has 0 atom stereocenters. The smallest absolute Gasteiger partial charge is 0.0992 e. The molecule has 0 radical (unpaired) electrons. The van der Waals surface area contributed by atoms with Crippen molar-refractivity contribution >= 4 is 11.4 Å². The van der Waals surface area contributed by atoms with E-state index in [1.165, 1.54) is 12.8 Å². The number of hydrogen-bond acceptors (Lipinski definition) is 4. The molecule has 0 spiro atoms. The summed E-state index contributed by atoms with van der Waals surface area (Å²) < 4.78 is 0. The third-order valence-electron chi connectivity index (χ3n) is 4.18. The predicted molar refractivity (Wildman–Crippen MR) is 97.0 cm³/mol. The van der Waals surface area contributed by atoms with E-state index in [1.807, 2.05) is 18.2 Å². The molecule has 0 bridgehead atoms. The number of nitrogens with one attached hydrogen (secondary N) is 1. The number of nitriles is 1. The van der Waals surface area contributed by atoms with Crippen LogP contribution in [0.25, 0.3) is 0 Å². The summed E-state index contributed by atoms with van der Waals surface area (Å²) in [5.74, 6) is 0.766. The van der Waals surface area contributed by atoms with Crippen molar-refractivity contribution in [2.45, 2.75) is 19.8 Å². The molecule has 120 valence electrons. The fourth-order valence-corrected chi connectivity index (χ4v) is 2.69. The number of anilines is 2. The summed E-state index contributed by atoms with van der Waals surface area (Å²) in [5.41, 5.74) is 9.64. The molecule has 4 heteroatoms. The summed E-state index contributed by atoms with van der Waals surface area (Å²) in [6.45, 7) is 11.9. The molecule has 0 unspecified atom stereocenters. The molecule has 0 aromatic heterocycles. The number of nitrogens with zero attached hydrogens (tertiary/aromatic N) is 2. The molecule has 2 rings (SSSR count). The second-order valence-electron chi connectivity index (χ2n) is 5.97. The van der Waals surface area contributed by atoms with E-state index in [-0.39, 0.29) is 0 Å². The van der Waals surface area contributed by atoms with E-state index in [0.717, 1.165) is 30.4 Å². The van der Waals surface area contributed by atoms with Crippen molar-refractivity contribution in [1.82, 2.24) is 0 Å². The third-order valence-corrected chi connectivity index (χ3v) is 4.18. The molecule has 1 aromatic carbocycles. The molecule has 1 saturated heterocycles. The Balaban J connectivity index is 2.28. The molecule has 3 N–H and O–H groups in total. The van der Waals surface area contributed by atoms with Crippen molar-refractivity contribution in [2.75, 3.05) is 23.3 Å². The average Bonchev–Trinajstić information content (AvgIpc) is 2.56. The van der Waals surface area contributed by atoms with Gasteiger partial charge in [0.25, 0.3) is 0 Å². The van der Waals surface area contributed by atoms with Crippen LogP contribution in [0.5, 0.6) is 0 Å². The first-order valence-electron chi connectivity index (χ1n) is 7.88. The van der Waals surface area contributed by atoms with Crippen LogP contribution < -0.4 is 16.0 Å². The van der Waals surface area contributed by atoms with E-state index in [0.29, 0.717) is 17.0 Å². The van der Waals surface area contributed by atoms with Crippen LogP contribution in [0, 0.1) is 17.2 Å². The lowest BCUT2D eigenvalue weighted by Gasteiger charge is -2.33. The Morgan fingerprint density at radius 3 is 2.74 bits per heavy atom. The van der Waals surface area contributed by atoms with Crippen LogP contribution in [0.1, 0.15) is 25.3 Å². The molecular formula is C19H24N4. The van der Waals surface area contributed by atoms with E-state index < -0.39 is 0 Å². The van der Waals surface area contributed by atoms with Crippen LogP contribution in [0.15, 0.2) is 54.9 Å². The molecular weight excluding hydrogens is 284 g/mol. The first kappa shape index (κ1) is 16.7. The third kappa shape index (κ3) is 4.17. The number of rotatable bonds is 5. The van der Waals surface area contributed by atoms with Crippen LogP contribution >= 0.6 is 0 Å². The average molecular weight is 308 g/mol. The predicted octanol–water partition coefficient (Wildman–Crippen LogP) is 3.75. The second kappa shape index (κ2) is 7.55. The van der Waals surface area contributed by atoms with Crippen LogP contribution in [0.3, 0.4) is 0 Å². The normalized spacial score (nSPS) is 15.8. The van der Waals surface area contributed by atoms with Crippen LogP contribution in [0.4, 0.5) is 11.4 Å². The number of allylic oxidation sites excluding steroid dienone is 2. The van der Waals surface area contributed by atoms with Gasteiger partial charge in [-0.2, -0.15) is 5.26 Å². The van der Waals surface area contributed by atoms with Gasteiger partial charge in [0.2, 0.25) is 0 Å². The van der Waals surface area contributed by atoms with Crippen LogP contribution in [0.2, 0.25) is 0 Å². The summed E-state index contributed by atoms with van der Waals surface area (Å²) in [4.78, 5) is 2.35. The van der Waals surface area contributed by atoms with Gasteiger partial charge < -0.3 is 16.0 Å². The van der Waals surface area contributed by atoms with Gasteiger partial charge in [-0.1, -0.05) is 26.2 Å². The lowest BCUT2D eigenvalue weighted by molar-refractivity contribution is 0.438. The number of piperidine rings is 1. The van der Waals surface area contributed by atoms with E-state index >= 15 is 0 Å². The molecule has 1 heterocycles. The van der Waals surface area contributed by atoms with Gasteiger partial charge in [-0.25, -0.2) is 0 Å². The van der Waals surface area contributed by atoms with Crippen molar-refractivity contribution < 1.29 is 0 Å². The van der Waals surface area contributed by atoms with Crippen molar-refractivity contribution in [2.24, 2.45) is 11.7 Å². The zero-order valence-electron chi connectivity index (χ0n) is 13.7. The van der Waals surface area contributed by atoms with E-state index in [4.69, 9.17) is 11.0 Å². The molecule has 4 nitrogen and oxygen atoms in total. The zero-order valence-corrected chi connectivity index (χ0v) is 13.7. The molecule has 0 saturated carbocycles. The standard InChI is InChI=1S/C19H24N4/c1-4-5-17(21)15(3)22-18-12-16(13-20)6-7-19(18)23-10-8-14(2)9-11-23/h4-7,12,14,22H,1,3,8-11,21H2,2H3/b17-5-. The molecule has 1 aliphatic rings. The van der Waals surface area contributed by atoms with Gasteiger partial charge in [-0.3, -0.25) is 0 Å². The molecule has 0 amide bonds. The SMILES string of the molecule is C=C/C=C(\N)C(=C)Nc1cc(C#N)ccc1N1CCC(C)CC1. The maximum Gasteiger partial charge on any atom is 0.0992 e. The van der Waals surface area contributed by atoms with Gasteiger partial charge in [0.1, 0.15) is 0 Å². The zero-order chi connectivity index (χ0) is 16.8. The van der Waals surface area contributed by atoms with Gasteiger partial charge in [-0.05, 0) is 43.0 Å². The highest BCUT2D eigenvalue weighted by atomic mass is 15.2. The molecule has 1 aliphatic heterocycles. The van der Waals surface area contributed by atoms with Gasteiger partial charge >= 0.3 is 0 Å². The molecule has 1 aromatic rings. The van der Waals surface area contributed by atoms with Gasteiger partial charge in [0.05, 0.1) is 34.4 Å². The van der Waals surface area contributed by atoms with Gasteiger partial charge in [0, 0.05) is 13.1 Å². The van der Waals surface area contributed by atoms with E-state index in [2.05, 4.69) is 36.4 Å². The fourth-order valence-electron chi connectivity index (χ4n) is 2.69. The molecule has 1 fully saturated rings. The Kier molecular flexibility index (Phi) is 5.48. The summed E-state index contributed by atoms with van der Waals surface area (Å²) in [5, 5.41) is 12.4. The Bertz CT molecular complexity index is 658. The van der Waals surface area contributed by atoms with E-state index in [1.54, 1.807) is 12.2 Å². The first-order valence-corrected chi connectivity index (χ1v) is 7.88. The van der Waals surface area contributed by atoms with Crippen LogP contribution in [-0.4, -0.2) is 13.1 Å². The van der Waals surface area contributed by atoms with Crippen molar-refractivity contribution in [3.63, 3.8) is 0 Å². The Morgan fingerprint density at radius 1 is 1.43 bits per heavy atom. The number of hydrogen-bond donors (Lipinski definition) is 2. The lowest BCUT2D eigenvalue weighted by Crippen LogP contribution is -2.33. The molecule has 23 heavy (non-hydrogen) atoms. The number of benzene rings is 1. The Hall–Kier alpha value is -2.67.